The normalized spacial score (nSPS) is 10.5. The fourth-order valence-corrected chi connectivity index (χ4v) is 1.72. The van der Waals surface area contributed by atoms with Gasteiger partial charge in [0, 0.05) is 32.6 Å². The molecular formula is C13H14FN3O2. The van der Waals surface area contributed by atoms with Crippen molar-refractivity contribution in [2.75, 3.05) is 7.05 Å². The van der Waals surface area contributed by atoms with Crippen LogP contribution >= 0.6 is 0 Å². The number of aromatic hydroxyl groups is 1. The Morgan fingerprint density at radius 2 is 2.26 bits per heavy atom. The zero-order valence-electron chi connectivity index (χ0n) is 10.7. The van der Waals surface area contributed by atoms with Crippen LogP contribution in [0.1, 0.15) is 16.2 Å². The van der Waals surface area contributed by atoms with Crippen molar-refractivity contribution in [3.05, 3.63) is 47.8 Å². The predicted octanol–water partition coefficient (Wildman–Crippen LogP) is 1.54. The SMILES string of the molecule is CN(Cc1nccn1C)C(=O)c1ccc(O)cc1F. The monoisotopic (exact) mass is 263 g/mol. The van der Waals surface area contributed by atoms with Crippen molar-refractivity contribution in [3.63, 3.8) is 0 Å². The van der Waals surface area contributed by atoms with Gasteiger partial charge < -0.3 is 14.6 Å². The van der Waals surface area contributed by atoms with Crippen LogP contribution in [0.3, 0.4) is 0 Å². The molecule has 0 saturated carbocycles. The third kappa shape index (κ3) is 2.73. The Morgan fingerprint density at radius 1 is 1.53 bits per heavy atom. The number of halogens is 1. The Morgan fingerprint density at radius 3 is 2.84 bits per heavy atom. The summed E-state index contributed by atoms with van der Waals surface area (Å²) in [4.78, 5) is 17.6. The van der Waals surface area contributed by atoms with Crippen LogP contribution in [0.15, 0.2) is 30.6 Å². The number of hydrogen-bond donors (Lipinski definition) is 1. The molecule has 0 radical (unpaired) electrons. The summed E-state index contributed by atoms with van der Waals surface area (Å²) in [6, 6.07) is 3.47. The molecule has 2 rings (SSSR count). The van der Waals surface area contributed by atoms with Gasteiger partial charge in [-0.2, -0.15) is 0 Å². The molecule has 0 aliphatic rings. The summed E-state index contributed by atoms with van der Waals surface area (Å²) in [6.45, 7) is 0.280. The quantitative estimate of drug-likeness (QED) is 0.913. The molecule has 0 spiro atoms. The van der Waals surface area contributed by atoms with E-state index in [4.69, 9.17) is 5.11 Å². The summed E-state index contributed by atoms with van der Waals surface area (Å²) in [5.74, 6) is -0.701. The van der Waals surface area contributed by atoms with Crippen LogP contribution in [-0.2, 0) is 13.6 Å². The van der Waals surface area contributed by atoms with E-state index in [1.54, 1.807) is 24.0 Å². The fraction of sp³-hybridized carbons (Fsp3) is 0.231. The lowest BCUT2D eigenvalue weighted by molar-refractivity contribution is 0.0776. The highest BCUT2D eigenvalue weighted by Crippen LogP contribution is 2.17. The van der Waals surface area contributed by atoms with Gasteiger partial charge in [0.05, 0.1) is 12.1 Å². The summed E-state index contributed by atoms with van der Waals surface area (Å²) in [7, 11) is 3.39. The first-order valence-corrected chi connectivity index (χ1v) is 5.69. The van der Waals surface area contributed by atoms with Crippen LogP contribution in [-0.4, -0.2) is 32.5 Å². The maximum absolute atomic E-state index is 13.6. The van der Waals surface area contributed by atoms with E-state index in [-0.39, 0.29) is 17.9 Å². The Hall–Kier alpha value is -2.37. The number of amides is 1. The van der Waals surface area contributed by atoms with E-state index in [1.807, 2.05) is 7.05 Å². The molecule has 19 heavy (non-hydrogen) atoms. The molecule has 0 saturated heterocycles. The molecule has 0 atom stereocenters. The molecule has 1 amide bonds. The Bertz CT molecular complexity index is 610. The summed E-state index contributed by atoms with van der Waals surface area (Å²) >= 11 is 0. The van der Waals surface area contributed by atoms with Crippen LogP contribution in [0, 0.1) is 5.82 Å². The van der Waals surface area contributed by atoms with Crippen molar-refractivity contribution < 1.29 is 14.3 Å². The number of phenols is 1. The van der Waals surface area contributed by atoms with Crippen LogP contribution in [0.4, 0.5) is 4.39 Å². The lowest BCUT2D eigenvalue weighted by atomic mass is 10.2. The first-order chi connectivity index (χ1) is 8.99. The second kappa shape index (κ2) is 5.09. The second-order valence-electron chi connectivity index (χ2n) is 4.28. The van der Waals surface area contributed by atoms with Crippen molar-refractivity contribution >= 4 is 5.91 Å². The van der Waals surface area contributed by atoms with Gasteiger partial charge in [0.2, 0.25) is 0 Å². The van der Waals surface area contributed by atoms with Crippen LogP contribution < -0.4 is 0 Å². The minimum Gasteiger partial charge on any atom is -0.508 e. The van der Waals surface area contributed by atoms with Gasteiger partial charge in [-0.05, 0) is 12.1 Å². The minimum atomic E-state index is -0.739. The molecular weight excluding hydrogens is 249 g/mol. The topological polar surface area (TPSA) is 58.4 Å². The van der Waals surface area contributed by atoms with Crippen molar-refractivity contribution in [1.29, 1.82) is 0 Å². The van der Waals surface area contributed by atoms with Gasteiger partial charge in [-0.15, -0.1) is 0 Å². The molecule has 5 nitrogen and oxygen atoms in total. The van der Waals surface area contributed by atoms with E-state index in [0.717, 1.165) is 6.07 Å². The van der Waals surface area contributed by atoms with Crippen molar-refractivity contribution in [1.82, 2.24) is 14.5 Å². The molecule has 1 aromatic heterocycles. The molecule has 0 aliphatic heterocycles. The number of aryl methyl sites for hydroxylation is 1. The number of nitrogens with zero attached hydrogens (tertiary/aromatic N) is 3. The smallest absolute Gasteiger partial charge is 0.256 e. The van der Waals surface area contributed by atoms with Crippen LogP contribution in [0.2, 0.25) is 0 Å². The number of hydrogen-bond acceptors (Lipinski definition) is 3. The van der Waals surface area contributed by atoms with Gasteiger partial charge in [0.1, 0.15) is 17.4 Å². The number of carbonyl (C=O) groups is 1. The molecule has 0 aliphatic carbocycles. The average Bonchev–Trinajstić information content (AvgIpc) is 2.74. The zero-order valence-corrected chi connectivity index (χ0v) is 10.7. The highest BCUT2D eigenvalue weighted by molar-refractivity contribution is 5.94. The largest absolute Gasteiger partial charge is 0.508 e. The van der Waals surface area contributed by atoms with E-state index >= 15 is 0 Å². The second-order valence-corrected chi connectivity index (χ2v) is 4.28. The molecule has 0 unspecified atom stereocenters. The van der Waals surface area contributed by atoms with E-state index in [2.05, 4.69) is 4.98 Å². The van der Waals surface area contributed by atoms with Crippen LogP contribution in [0.25, 0.3) is 0 Å². The summed E-state index contributed by atoms with van der Waals surface area (Å²) in [5.41, 5.74) is -0.0745. The van der Waals surface area contributed by atoms with E-state index < -0.39 is 11.7 Å². The highest BCUT2D eigenvalue weighted by Gasteiger charge is 2.17. The summed E-state index contributed by atoms with van der Waals surface area (Å²) in [5, 5.41) is 9.12. The number of aromatic nitrogens is 2. The maximum Gasteiger partial charge on any atom is 0.256 e. The van der Waals surface area contributed by atoms with E-state index in [1.165, 1.54) is 17.0 Å². The lowest BCUT2D eigenvalue weighted by Crippen LogP contribution is -2.28. The maximum atomic E-state index is 13.6. The number of phenolic OH excluding ortho intramolecular Hbond substituents is 1. The number of imidazole rings is 1. The molecule has 2 aromatic rings. The van der Waals surface area contributed by atoms with Crippen molar-refractivity contribution in [2.24, 2.45) is 7.05 Å². The summed E-state index contributed by atoms with van der Waals surface area (Å²) in [6.07, 6.45) is 3.41. The lowest BCUT2D eigenvalue weighted by Gasteiger charge is -2.17. The molecule has 1 N–H and O–H groups in total. The Balaban J connectivity index is 2.17. The third-order valence-corrected chi connectivity index (χ3v) is 2.83. The Kier molecular flexibility index (Phi) is 3.50. The first kappa shape index (κ1) is 13.1. The number of carbonyl (C=O) groups excluding carboxylic acids is 1. The molecule has 6 heteroatoms. The molecule has 0 fully saturated rings. The van der Waals surface area contributed by atoms with Gasteiger partial charge in [0.25, 0.3) is 5.91 Å². The summed E-state index contributed by atoms with van der Waals surface area (Å²) < 4.78 is 15.4. The van der Waals surface area contributed by atoms with E-state index in [0.29, 0.717) is 5.82 Å². The standard InChI is InChI=1S/C13H14FN3O2/c1-16-6-5-15-12(16)8-17(2)13(19)10-4-3-9(18)7-11(10)14/h3-7,18H,8H2,1-2H3. The fourth-order valence-electron chi connectivity index (χ4n) is 1.72. The van der Waals surface area contributed by atoms with Crippen molar-refractivity contribution in [3.8, 4) is 5.75 Å². The molecule has 0 bridgehead atoms. The molecule has 1 heterocycles. The van der Waals surface area contributed by atoms with Crippen LogP contribution in [0.5, 0.6) is 5.75 Å². The van der Waals surface area contributed by atoms with Gasteiger partial charge in [0.15, 0.2) is 0 Å². The zero-order chi connectivity index (χ0) is 14.0. The highest BCUT2D eigenvalue weighted by atomic mass is 19.1. The van der Waals surface area contributed by atoms with E-state index in [9.17, 15) is 9.18 Å². The van der Waals surface area contributed by atoms with Gasteiger partial charge >= 0.3 is 0 Å². The third-order valence-electron chi connectivity index (χ3n) is 2.83. The Labute approximate surface area is 109 Å². The van der Waals surface area contributed by atoms with Gasteiger partial charge in [-0.1, -0.05) is 0 Å². The van der Waals surface area contributed by atoms with Gasteiger partial charge in [-0.25, -0.2) is 9.37 Å². The molecule has 100 valence electrons. The van der Waals surface area contributed by atoms with Crippen molar-refractivity contribution in [2.45, 2.75) is 6.54 Å². The predicted molar refractivity (Wildman–Crippen MR) is 67.1 cm³/mol. The minimum absolute atomic E-state index is 0.0745. The first-order valence-electron chi connectivity index (χ1n) is 5.69. The molecule has 1 aromatic carbocycles. The number of rotatable bonds is 3. The van der Waals surface area contributed by atoms with Gasteiger partial charge in [-0.3, -0.25) is 4.79 Å². The average molecular weight is 263 g/mol. The number of benzene rings is 1.